The Bertz CT molecular complexity index is 365. The molecule has 0 saturated carbocycles. The lowest BCUT2D eigenvalue weighted by Crippen LogP contribution is -2.19. The molecule has 0 saturated heterocycles. The van der Waals surface area contributed by atoms with Gasteiger partial charge in [-0.15, -0.1) is 0 Å². The zero-order valence-electron chi connectivity index (χ0n) is 5.86. The molecule has 0 amide bonds. The molecule has 2 rings (SSSR count). The molecule has 11 heavy (non-hydrogen) atoms. The van der Waals surface area contributed by atoms with Crippen LogP contribution < -0.4 is 11.4 Å². The molecule has 1 aromatic carbocycles. The Hall–Kier alpha value is -1.55. The van der Waals surface area contributed by atoms with Crippen LogP contribution in [-0.2, 0) is 0 Å². The molecule has 1 heterocycles. The highest BCUT2D eigenvalue weighted by atomic mass is 15.6. The molecule has 0 fully saturated rings. The van der Waals surface area contributed by atoms with Gasteiger partial charge in [0.2, 0.25) is 0 Å². The van der Waals surface area contributed by atoms with Crippen molar-refractivity contribution in [3.05, 3.63) is 30.6 Å². The topological polar surface area (TPSA) is 55.9 Å². The first-order valence-electron chi connectivity index (χ1n) is 3.30. The van der Waals surface area contributed by atoms with Gasteiger partial charge < -0.3 is 0 Å². The van der Waals surface area contributed by atoms with Gasteiger partial charge in [-0.2, -0.15) is 0 Å². The summed E-state index contributed by atoms with van der Waals surface area (Å²) in [6, 6.07) is 7.76. The highest BCUT2D eigenvalue weighted by molar-refractivity contribution is 5.75. The lowest BCUT2D eigenvalue weighted by molar-refractivity contribution is 0.907. The Balaban J connectivity index is 2.76. The predicted octanol–water partition coefficient (Wildman–Crippen LogP) is 0.453. The fourth-order valence-electron chi connectivity index (χ4n) is 1.06. The second kappa shape index (κ2) is 2.25. The zero-order valence-corrected chi connectivity index (χ0v) is 5.86. The van der Waals surface area contributed by atoms with E-state index in [0.29, 0.717) is 0 Å². The van der Waals surface area contributed by atoms with Crippen LogP contribution in [0.2, 0.25) is 0 Å². The first-order valence-corrected chi connectivity index (χ1v) is 3.30. The molecule has 1 aromatic heterocycles. The lowest BCUT2D eigenvalue weighted by atomic mass is 10.3. The van der Waals surface area contributed by atoms with Crippen molar-refractivity contribution >= 4 is 11.0 Å². The van der Waals surface area contributed by atoms with Crippen LogP contribution in [0.15, 0.2) is 30.6 Å². The largest absolute Gasteiger partial charge is 0.260 e. The molecule has 0 atom stereocenters. The van der Waals surface area contributed by atoms with Crippen LogP contribution in [-0.4, -0.2) is 9.66 Å². The third-order valence-corrected chi connectivity index (χ3v) is 1.59. The maximum atomic E-state index is 5.23. The second-order valence-electron chi connectivity index (χ2n) is 2.23. The van der Waals surface area contributed by atoms with Gasteiger partial charge in [0.1, 0.15) is 6.33 Å². The van der Waals surface area contributed by atoms with Gasteiger partial charge in [0.15, 0.2) is 0 Å². The number of nitrogen functional groups attached to an aromatic ring is 1. The summed E-state index contributed by atoms with van der Waals surface area (Å²) in [5.41, 5.74) is 4.42. The molecule has 0 radical (unpaired) electrons. The van der Waals surface area contributed by atoms with Gasteiger partial charge in [-0.25, -0.2) is 15.5 Å². The van der Waals surface area contributed by atoms with Crippen molar-refractivity contribution in [1.29, 1.82) is 0 Å². The number of imidazole rings is 1. The van der Waals surface area contributed by atoms with E-state index in [1.165, 1.54) is 0 Å². The van der Waals surface area contributed by atoms with Crippen molar-refractivity contribution in [2.75, 3.05) is 5.53 Å². The average Bonchev–Trinajstić information content (AvgIpc) is 2.47. The minimum absolute atomic E-state index is 0.936. The van der Waals surface area contributed by atoms with Crippen LogP contribution >= 0.6 is 0 Å². The molecule has 3 N–H and O–H groups in total. The maximum absolute atomic E-state index is 5.23. The number of nitrogens with two attached hydrogens (primary N) is 1. The number of hydrogen-bond donors (Lipinski definition) is 2. The Morgan fingerprint density at radius 3 is 3.00 bits per heavy atom. The van der Waals surface area contributed by atoms with E-state index in [0.717, 1.165) is 11.0 Å². The standard InChI is InChI=1S/C7H8N4/c8-10-11-5-9-6-3-1-2-4-7(6)11/h1-5,10H,8H2. The molecule has 4 heteroatoms. The van der Waals surface area contributed by atoms with Crippen molar-refractivity contribution in [1.82, 2.24) is 9.66 Å². The van der Waals surface area contributed by atoms with E-state index in [-0.39, 0.29) is 0 Å². The molecule has 0 spiro atoms. The van der Waals surface area contributed by atoms with Crippen LogP contribution in [0, 0.1) is 0 Å². The first kappa shape index (κ1) is 6.18. The Kier molecular flexibility index (Phi) is 1.26. The number of nitrogens with one attached hydrogen (secondary N) is 1. The van der Waals surface area contributed by atoms with Gasteiger partial charge in [-0.05, 0) is 12.1 Å². The maximum Gasteiger partial charge on any atom is 0.117 e. The molecule has 0 aliphatic heterocycles. The number of nitrogens with zero attached hydrogens (tertiary/aromatic N) is 2. The summed E-state index contributed by atoms with van der Waals surface area (Å²) in [6.07, 6.45) is 1.64. The van der Waals surface area contributed by atoms with Crippen LogP contribution in [0.4, 0.5) is 0 Å². The molecule has 0 bridgehead atoms. The van der Waals surface area contributed by atoms with E-state index in [9.17, 15) is 0 Å². The van der Waals surface area contributed by atoms with Gasteiger partial charge in [-0.3, -0.25) is 5.53 Å². The summed E-state index contributed by atoms with van der Waals surface area (Å²) < 4.78 is 1.66. The SMILES string of the molecule is NNn1cnc2ccccc21. The summed E-state index contributed by atoms with van der Waals surface area (Å²) in [7, 11) is 0. The Morgan fingerprint density at radius 1 is 1.36 bits per heavy atom. The molecule has 0 aliphatic carbocycles. The van der Waals surface area contributed by atoms with Crippen molar-refractivity contribution in [3.63, 3.8) is 0 Å². The van der Waals surface area contributed by atoms with E-state index >= 15 is 0 Å². The third kappa shape index (κ3) is 0.841. The van der Waals surface area contributed by atoms with E-state index < -0.39 is 0 Å². The van der Waals surface area contributed by atoms with Crippen molar-refractivity contribution in [3.8, 4) is 0 Å². The summed E-state index contributed by atoms with van der Waals surface area (Å²) in [5.74, 6) is 5.23. The minimum Gasteiger partial charge on any atom is -0.260 e. The molecule has 4 nitrogen and oxygen atoms in total. The molecular formula is C7H8N4. The Morgan fingerprint density at radius 2 is 2.18 bits per heavy atom. The normalized spacial score (nSPS) is 10.3. The van der Waals surface area contributed by atoms with E-state index in [4.69, 9.17) is 5.84 Å². The number of aromatic nitrogens is 2. The monoisotopic (exact) mass is 148 g/mol. The quantitative estimate of drug-likeness (QED) is 0.456. The van der Waals surface area contributed by atoms with Gasteiger partial charge >= 0.3 is 0 Å². The number of para-hydroxylation sites is 2. The van der Waals surface area contributed by atoms with Crippen molar-refractivity contribution < 1.29 is 0 Å². The Labute approximate surface area is 63.6 Å². The van der Waals surface area contributed by atoms with E-state index in [1.54, 1.807) is 11.0 Å². The average molecular weight is 148 g/mol. The van der Waals surface area contributed by atoms with Crippen molar-refractivity contribution in [2.45, 2.75) is 0 Å². The third-order valence-electron chi connectivity index (χ3n) is 1.59. The summed E-state index contributed by atoms with van der Waals surface area (Å²) in [5, 5.41) is 0. The van der Waals surface area contributed by atoms with Gasteiger partial charge in [0.25, 0.3) is 0 Å². The minimum atomic E-state index is 0.936. The first-order chi connectivity index (χ1) is 5.42. The molecular weight excluding hydrogens is 140 g/mol. The van der Waals surface area contributed by atoms with Gasteiger partial charge in [0, 0.05) is 0 Å². The molecule has 0 aliphatic rings. The lowest BCUT2D eigenvalue weighted by Gasteiger charge is -1.98. The fourth-order valence-corrected chi connectivity index (χ4v) is 1.06. The summed E-state index contributed by atoms with van der Waals surface area (Å²) in [4.78, 5) is 4.11. The number of benzene rings is 1. The number of hydrazine groups is 1. The highest BCUT2D eigenvalue weighted by Crippen LogP contribution is 2.08. The van der Waals surface area contributed by atoms with Gasteiger partial charge in [0.05, 0.1) is 11.0 Å². The van der Waals surface area contributed by atoms with Crippen LogP contribution in [0.1, 0.15) is 0 Å². The summed E-state index contributed by atoms with van der Waals surface area (Å²) in [6.45, 7) is 0. The number of rotatable bonds is 1. The predicted molar refractivity (Wildman–Crippen MR) is 43.3 cm³/mol. The second-order valence-corrected chi connectivity index (χ2v) is 2.23. The number of hydrogen-bond acceptors (Lipinski definition) is 3. The smallest absolute Gasteiger partial charge is 0.117 e. The van der Waals surface area contributed by atoms with Crippen LogP contribution in [0.5, 0.6) is 0 Å². The van der Waals surface area contributed by atoms with Crippen LogP contribution in [0.25, 0.3) is 11.0 Å². The van der Waals surface area contributed by atoms with E-state index in [2.05, 4.69) is 10.5 Å². The van der Waals surface area contributed by atoms with E-state index in [1.807, 2.05) is 24.3 Å². The van der Waals surface area contributed by atoms with Gasteiger partial charge in [-0.1, -0.05) is 12.1 Å². The number of fused-ring (bicyclic) bond motifs is 1. The molecule has 56 valence electrons. The van der Waals surface area contributed by atoms with Crippen LogP contribution in [0.3, 0.4) is 0 Å². The summed E-state index contributed by atoms with van der Waals surface area (Å²) >= 11 is 0. The highest BCUT2D eigenvalue weighted by Gasteiger charge is 1.96. The fraction of sp³-hybridized carbons (Fsp3) is 0. The van der Waals surface area contributed by atoms with Crippen molar-refractivity contribution in [2.24, 2.45) is 5.84 Å². The molecule has 2 aromatic rings. The molecule has 0 unspecified atom stereocenters. The zero-order chi connectivity index (χ0) is 7.68.